The SMILES string of the molecule is O=S(=O)(O)OC[C@H](OS(=O)(=O)O)[C@H](OS(=O)(=O)O)[C@H](O[C@@H]1O[C@H](COS(=O)(=O)O)[C@@H](OS(=O)(=O)O)[C@@H](OS(=O)(=O)O)[C@@H]1OS(=O)(=O)O)[C@@H](CO[C@@H]1O[C@H](COS(=O)(=O)O)[C@@H](OS(=O)(=O)O)[C@@H](OS(=O)(=O)O)[C@@H]1OS(=O)(=O)O)OS(=O)(=O)O. The molecule has 2 saturated heterocycles. The van der Waals surface area contributed by atoms with Crippen molar-refractivity contribution in [3.63, 3.8) is 0 Å². The molecule has 2 aliphatic rings. The summed E-state index contributed by atoms with van der Waals surface area (Å²) in [6, 6.07) is 0. The van der Waals surface area contributed by atoms with Crippen molar-refractivity contribution in [2.75, 3.05) is 26.4 Å². The van der Waals surface area contributed by atoms with Gasteiger partial charge in [0.2, 0.25) is 0 Å². The monoisotopic (exact) mass is 1470 g/mol. The van der Waals surface area contributed by atoms with Crippen LogP contribution in [0.1, 0.15) is 0 Å². The average molecular weight is 1470 g/mol. The molecule has 52 nitrogen and oxygen atoms in total. The molecular weight excluding hydrogens is 1430 g/mol. The van der Waals surface area contributed by atoms with Crippen molar-refractivity contribution in [3.8, 4) is 0 Å². The van der Waals surface area contributed by atoms with E-state index in [0.717, 1.165) is 0 Å². The van der Waals surface area contributed by atoms with E-state index in [4.69, 9.17) is 23.5 Å². The van der Waals surface area contributed by atoms with Gasteiger partial charge in [0.15, 0.2) is 24.8 Å². The lowest BCUT2D eigenvalue weighted by atomic mass is 9.98. The normalized spacial score (nSPS) is 27.1. The predicted octanol–water partition coefficient (Wildman–Crippen LogP) is -10.0. The molecule has 490 valence electrons. The zero-order valence-electron chi connectivity index (χ0n) is 37.5. The van der Waals surface area contributed by atoms with E-state index in [0.29, 0.717) is 0 Å². The van der Waals surface area contributed by atoms with Crippen LogP contribution in [0.25, 0.3) is 0 Å². The van der Waals surface area contributed by atoms with Gasteiger partial charge in [0.25, 0.3) is 0 Å². The Morgan fingerprint density at radius 1 is 0.293 bits per heavy atom. The van der Waals surface area contributed by atoms with Crippen LogP contribution in [0.4, 0.5) is 0 Å². The second-order valence-corrected chi connectivity index (χ2v) is 26.9. The zero-order chi connectivity index (χ0) is 64.2. The van der Waals surface area contributed by atoms with Crippen molar-refractivity contribution < 1.29 is 225 Å². The molecule has 2 aliphatic heterocycles. The Labute approximate surface area is 459 Å². The maximum Gasteiger partial charge on any atom is 0.397 e. The first kappa shape index (κ1) is 76.4. The molecule has 0 aromatic rings. The van der Waals surface area contributed by atoms with Crippen LogP contribution in [-0.4, -0.2) is 268 Å². The van der Waals surface area contributed by atoms with E-state index < -0.39 is 237 Å². The fraction of sp³-hybridized carbons (Fsp3) is 1.00. The van der Waals surface area contributed by atoms with Gasteiger partial charge in [0, 0.05) is 0 Å². The third-order valence-corrected chi connectivity index (χ3v) is 13.8. The predicted molar refractivity (Wildman–Crippen MR) is 228 cm³/mol. The van der Waals surface area contributed by atoms with Crippen LogP contribution in [-0.2, 0) is 194 Å². The Morgan fingerprint density at radius 3 is 0.878 bits per heavy atom. The van der Waals surface area contributed by atoms with Gasteiger partial charge in [-0.3, -0.25) is 54.6 Å². The topological polar surface area (TPSA) is 800 Å². The third kappa shape index (κ3) is 31.3. The Kier molecular flexibility index (Phi) is 25.9. The molecule has 0 radical (unpaired) electrons. The van der Waals surface area contributed by atoms with Gasteiger partial charge in [0.05, 0.1) is 26.4 Å². The molecule has 64 heteroatoms. The van der Waals surface area contributed by atoms with Crippen molar-refractivity contribution in [1.82, 2.24) is 0 Å². The summed E-state index contributed by atoms with van der Waals surface area (Å²) >= 11 is 0. The van der Waals surface area contributed by atoms with Crippen LogP contribution in [0.15, 0.2) is 0 Å². The highest BCUT2D eigenvalue weighted by molar-refractivity contribution is 7.83. The lowest BCUT2D eigenvalue weighted by Gasteiger charge is -2.45. The highest BCUT2D eigenvalue weighted by Gasteiger charge is 2.58. The van der Waals surface area contributed by atoms with Crippen LogP contribution in [0.3, 0.4) is 0 Å². The lowest BCUT2D eigenvalue weighted by Crippen LogP contribution is -2.65. The molecule has 14 atom stereocenters. The van der Waals surface area contributed by atoms with E-state index >= 15 is 0 Å². The molecular formula is C18H34O52S12. The molecule has 0 spiro atoms. The molecule has 0 aromatic heterocycles. The number of hydrogen-bond acceptors (Lipinski definition) is 40. The Morgan fingerprint density at radius 2 is 0.573 bits per heavy atom. The fourth-order valence-electron chi connectivity index (χ4n) is 6.08. The Hall–Kier alpha value is -1.72. The van der Waals surface area contributed by atoms with E-state index in [1.54, 1.807) is 0 Å². The average Bonchev–Trinajstić information content (AvgIpc) is 3.17. The number of rotatable bonds is 35. The van der Waals surface area contributed by atoms with E-state index in [9.17, 15) is 151 Å². The largest absolute Gasteiger partial charge is 0.397 e. The van der Waals surface area contributed by atoms with Gasteiger partial charge >= 0.3 is 125 Å². The highest BCUT2D eigenvalue weighted by Crippen LogP contribution is 2.37. The third-order valence-electron chi connectivity index (χ3n) is 8.22. The lowest BCUT2D eigenvalue weighted by molar-refractivity contribution is -0.320. The molecule has 2 rings (SSSR count). The molecule has 0 unspecified atom stereocenters. The molecule has 2 fully saturated rings. The van der Waals surface area contributed by atoms with Crippen molar-refractivity contribution in [2.45, 2.75) is 85.8 Å². The standard InChI is InChI=1S/C18H34O52S12/c19-71(20,21)56-2-5-10(64-76(34,35)36)13(67-79(43,44)45)15(69-81(49,50)51)17(59-5)55-1-7(62-74(28,29)30)9(12(66-78(40,41)42)8(63-75(31,32)33)4-58-73(25,26)27)61-18-16(70-82(52,53)54)14(68-80(46,47)48)11(65-77(37,38)39)6(60-18)3-57-72(22,23)24/h5-18H,1-4H2,(H,19,20,21)(H,22,23,24)(H,25,26,27)(H,28,29,30)(H,31,32,33)(H,34,35,36)(H,37,38,39)(H,40,41,42)(H,43,44,45)(H,46,47,48)(H,49,50,51)(H,52,53,54)/t5-,6-,7-,8+,9-,10-,11-,12+,13-,14-,15+,16+,17-,18+/m1/s1. The summed E-state index contributed by atoms with van der Waals surface area (Å²) in [6.07, 6.45) is -51.9. The van der Waals surface area contributed by atoms with Crippen LogP contribution >= 0.6 is 0 Å². The van der Waals surface area contributed by atoms with Crippen LogP contribution < -0.4 is 0 Å². The molecule has 0 aromatic carbocycles. The zero-order valence-corrected chi connectivity index (χ0v) is 47.3. The van der Waals surface area contributed by atoms with Gasteiger partial charge < -0.3 is 18.9 Å². The highest BCUT2D eigenvalue weighted by atomic mass is 32.3. The van der Waals surface area contributed by atoms with Crippen LogP contribution in [0.5, 0.6) is 0 Å². The van der Waals surface area contributed by atoms with Gasteiger partial charge in [-0.15, -0.1) is 0 Å². The maximum absolute atomic E-state index is 12.5. The first-order valence-corrected chi connectivity index (χ1v) is 34.8. The molecule has 12 N–H and O–H groups in total. The van der Waals surface area contributed by atoms with Crippen molar-refractivity contribution in [2.24, 2.45) is 0 Å². The van der Waals surface area contributed by atoms with Crippen LogP contribution in [0, 0.1) is 0 Å². The summed E-state index contributed by atoms with van der Waals surface area (Å²) in [4.78, 5) is 0. The van der Waals surface area contributed by atoms with Crippen molar-refractivity contribution in [3.05, 3.63) is 0 Å². The summed E-state index contributed by atoms with van der Waals surface area (Å²) in [5.41, 5.74) is 0. The maximum atomic E-state index is 12.5. The quantitative estimate of drug-likeness (QED) is 0.0262. The number of ether oxygens (including phenoxy) is 4. The minimum Gasteiger partial charge on any atom is -0.347 e. The molecule has 0 amide bonds. The van der Waals surface area contributed by atoms with E-state index in [2.05, 4.69) is 50.2 Å². The minimum absolute atomic E-state index is 2.14. The fourth-order valence-corrected chi connectivity index (χ4v) is 11.5. The number of hydrogen-bond donors (Lipinski definition) is 12. The van der Waals surface area contributed by atoms with Crippen LogP contribution in [0.2, 0.25) is 0 Å². The van der Waals surface area contributed by atoms with Gasteiger partial charge in [-0.2, -0.15) is 101 Å². The van der Waals surface area contributed by atoms with Crippen molar-refractivity contribution in [1.29, 1.82) is 0 Å². The molecule has 82 heavy (non-hydrogen) atoms. The van der Waals surface area contributed by atoms with E-state index in [1.165, 1.54) is 0 Å². The molecule has 0 bridgehead atoms. The molecule has 0 saturated carbocycles. The van der Waals surface area contributed by atoms with Gasteiger partial charge in [-0.1, -0.05) is 0 Å². The minimum atomic E-state index is -6.81. The van der Waals surface area contributed by atoms with Gasteiger partial charge in [-0.05, 0) is 0 Å². The Bertz CT molecular complexity index is 3630. The first-order valence-electron chi connectivity index (χ1n) is 18.4. The summed E-state index contributed by atoms with van der Waals surface area (Å²) in [6.45, 7) is -9.66. The van der Waals surface area contributed by atoms with Gasteiger partial charge in [-0.25, -0.2) is 50.2 Å². The summed E-state index contributed by atoms with van der Waals surface area (Å²) in [7, 11) is -77.0. The summed E-state index contributed by atoms with van der Waals surface area (Å²) < 4.78 is 470. The second kappa shape index (κ2) is 27.8. The van der Waals surface area contributed by atoms with E-state index in [-0.39, 0.29) is 0 Å². The van der Waals surface area contributed by atoms with E-state index in [1.807, 2.05) is 0 Å². The molecule has 2 heterocycles. The summed E-state index contributed by atoms with van der Waals surface area (Å²) in [5.74, 6) is 0. The van der Waals surface area contributed by atoms with Crippen molar-refractivity contribution >= 4 is 125 Å². The second-order valence-electron chi connectivity index (χ2n) is 14.2. The smallest absolute Gasteiger partial charge is 0.347 e. The molecule has 0 aliphatic carbocycles. The first-order chi connectivity index (χ1) is 36.1. The Balaban J connectivity index is 3.42. The van der Waals surface area contributed by atoms with Gasteiger partial charge in [0.1, 0.15) is 61.0 Å². The summed E-state index contributed by atoms with van der Waals surface area (Å²) in [5, 5.41) is 0.